The third-order valence-corrected chi connectivity index (χ3v) is 7.39. The van der Waals surface area contributed by atoms with Gasteiger partial charge in [-0.3, -0.25) is 9.59 Å². The molecule has 1 N–H and O–H groups in total. The maximum atomic E-state index is 13.4. The lowest BCUT2D eigenvalue weighted by Gasteiger charge is -2.33. The van der Waals surface area contributed by atoms with Crippen molar-refractivity contribution in [2.75, 3.05) is 5.75 Å². The minimum atomic E-state index is -0.440. The van der Waals surface area contributed by atoms with Crippen LogP contribution in [0, 0.1) is 13.8 Å². The SMILES string of the molecule is CC[C@H](C(=O)NC1CCCCC1)N(Cc1cccc(C)c1)C(=O)CCSc1ccc(C)cc1. The van der Waals surface area contributed by atoms with Crippen molar-refractivity contribution in [1.82, 2.24) is 10.2 Å². The Hall–Kier alpha value is -2.27. The summed E-state index contributed by atoms with van der Waals surface area (Å²) in [5.41, 5.74) is 3.46. The molecule has 2 aromatic carbocycles. The fourth-order valence-electron chi connectivity index (χ4n) is 4.51. The Kier molecular flexibility index (Phi) is 9.86. The summed E-state index contributed by atoms with van der Waals surface area (Å²) in [5, 5.41) is 3.25. The Labute approximate surface area is 203 Å². The molecule has 0 unspecified atom stereocenters. The molecule has 0 saturated heterocycles. The molecule has 0 aliphatic heterocycles. The largest absolute Gasteiger partial charge is 0.352 e. The van der Waals surface area contributed by atoms with Gasteiger partial charge < -0.3 is 10.2 Å². The second-order valence-electron chi connectivity index (χ2n) is 9.19. The van der Waals surface area contributed by atoms with Crippen molar-refractivity contribution in [3.8, 4) is 0 Å². The molecule has 1 saturated carbocycles. The van der Waals surface area contributed by atoms with Gasteiger partial charge in [-0.1, -0.05) is 73.7 Å². The van der Waals surface area contributed by atoms with Crippen molar-refractivity contribution < 1.29 is 9.59 Å². The first-order chi connectivity index (χ1) is 16.0. The smallest absolute Gasteiger partial charge is 0.243 e. The fourth-order valence-corrected chi connectivity index (χ4v) is 5.35. The van der Waals surface area contributed by atoms with Crippen LogP contribution in [0.2, 0.25) is 0 Å². The predicted octanol–water partition coefficient (Wildman–Crippen LogP) is 6.04. The van der Waals surface area contributed by atoms with Crippen molar-refractivity contribution in [2.24, 2.45) is 0 Å². The molecule has 0 aromatic heterocycles. The van der Waals surface area contributed by atoms with E-state index in [0.29, 0.717) is 25.1 Å². The zero-order chi connectivity index (χ0) is 23.6. The summed E-state index contributed by atoms with van der Waals surface area (Å²) < 4.78 is 0. The molecular formula is C28H38N2O2S. The van der Waals surface area contributed by atoms with E-state index in [9.17, 15) is 9.59 Å². The Morgan fingerprint density at radius 1 is 1.03 bits per heavy atom. The first-order valence-corrected chi connectivity index (χ1v) is 13.3. The van der Waals surface area contributed by atoms with Crippen LogP contribution < -0.4 is 5.32 Å². The van der Waals surface area contributed by atoms with E-state index in [0.717, 1.165) is 24.0 Å². The van der Waals surface area contributed by atoms with E-state index in [-0.39, 0.29) is 17.9 Å². The Balaban J connectivity index is 1.69. The highest BCUT2D eigenvalue weighted by atomic mass is 32.2. The van der Waals surface area contributed by atoms with Gasteiger partial charge in [0.15, 0.2) is 0 Å². The highest BCUT2D eigenvalue weighted by Gasteiger charge is 2.30. The molecule has 0 bridgehead atoms. The van der Waals surface area contributed by atoms with Gasteiger partial charge in [-0.05, 0) is 50.8 Å². The number of aryl methyl sites for hydroxylation is 2. The van der Waals surface area contributed by atoms with E-state index in [1.165, 1.54) is 29.7 Å². The number of rotatable bonds is 10. The summed E-state index contributed by atoms with van der Waals surface area (Å²) >= 11 is 1.69. The van der Waals surface area contributed by atoms with Crippen LogP contribution in [0.25, 0.3) is 0 Å². The van der Waals surface area contributed by atoms with E-state index >= 15 is 0 Å². The van der Waals surface area contributed by atoms with Crippen LogP contribution in [0.4, 0.5) is 0 Å². The molecule has 0 radical (unpaired) electrons. The summed E-state index contributed by atoms with van der Waals surface area (Å²) in [4.78, 5) is 29.6. The lowest BCUT2D eigenvalue weighted by Crippen LogP contribution is -2.51. The quantitative estimate of drug-likeness (QED) is 0.434. The van der Waals surface area contributed by atoms with Crippen molar-refractivity contribution in [3.05, 3.63) is 65.2 Å². The molecule has 33 heavy (non-hydrogen) atoms. The zero-order valence-electron chi connectivity index (χ0n) is 20.3. The average Bonchev–Trinajstić information content (AvgIpc) is 2.81. The van der Waals surface area contributed by atoms with Gasteiger partial charge in [-0.25, -0.2) is 0 Å². The Morgan fingerprint density at radius 2 is 1.76 bits per heavy atom. The summed E-state index contributed by atoms with van der Waals surface area (Å²) in [6.45, 7) is 6.60. The molecular weight excluding hydrogens is 428 g/mol. The van der Waals surface area contributed by atoms with Crippen molar-refractivity contribution in [3.63, 3.8) is 0 Å². The minimum absolute atomic E-state index is 0.00316. The number of nitrogens with zero attached hydrogens (tertiary/aromatic N) is 1. The molecule has 2 amide bonds. The Bertz CT molecular complexity index is 906. The minimum Gasteiger partial charge on any atom is -0.352 e. The van der Waals surface area contributed by atoms with Crippen molar-refractivity contribution in [2.45, 2.75) is 89.2 Å². The number of carbonyl (C=O) groups excluding carboxylic acids is 2. The van der Waals surface area contributed by atoms with Gasteiger partial charge >= 0.3 is 0 Å². The van der Waals surface area contributed by atoms with E-state index in [1.54, 1.807) is 11.8 Å². The Morgan fingerprint density at radius 3 is 2.42 bits per heavy atom. The maximum Gasteiger partial charge on any atom is 0.243 e. The first kappa shape index (κ1) is 25.4. The molecule has 4 nitrogen and oxygen atoms in total. The number of benzene rings is 2. The van der Waals surface area contributed by atoms with Crippen LogP contribution in [-0.2, 0) is 16.1 Å². The van der Waals surface area contributed by atoms with Crippen LogP contribution in [-0.4, -0.2) is 34.6 Å². The van der Waals surface area contributed by atoms with Gasteiger partial charge in [-0.15, -0.1) is 11.8 Å². The third kappa shape index (κ3) is 7.92. The summed E-state index contributed by atoms with van der Waals surface area (Å²) in [5.74, 6) is 0.741. The van der Waals surface area contributed by atoms with E-state index in [2.05, 4.69) is 55.6 Å². The molecule has 0 heterocycles. The lowest BCUT2D eigenvalue weighted by atomic mass is 9.95. The van der Waals surface area contributed by atoms with Gasteiger partial charge in [-0.2, -0.15) is 0 Å². The number of amides is 2. The van der Waals surface area contributed by atoms with Crippen LogP contribution in [0.3, 0.4) is 0 Å². The molecule has 1 atom stereocenters. The number of hydrogen-bond acceptors (Lipinski definition) is 3. The van der Waals surface area contributed by atoms with Crippen molar-refractivity contribution >= 4 is 23.6 Å². The normalized spacial score (nSPS) is 15.1. The van der Waals surface area contributed by atoms with Gasteiger partial charge in [0.25, 0.3) is 0 Å². The highest BCUT2D eigenvalue weighted by molar-refractivity contribution is 7.99. The fraction of sp³-hybridized carbons (Fsp3) is 0.500. The molecule has 1 aliphatic carbocycles. The van der Waals surface area contributed by atoms with Gasteiger partial charge in [0.05, 0.1) is 0 Å². The molecule has 1 fully saturated rings. The topological polar surface area (TPSA) is 49.4 Å². The van der Waals surface area contributed by atoms with Crippen LogP contribution in [0.5, 0.6) is 0 Å². The number of carbonyl (C=O) groups is 2. The summed E-state index contributed by atoms with van der Waals surface area (Å²) in [7, 11) is 0. The summed E-state index contributed by atoms with van der Waals surface area (Å²) in [6.07, 6.45) is 6.70. The van der Waals surface area contributed by atoms with Gasteiger partial charge in [0.2, 0.25) is 11.8 Å². The molecule has 1 aliphatic rings. The van der Waals surface area contributed by atoms with E-state index in [1.807, 2.05) is 24.0 Å². The average molecular weight is 467 g/mol. The molecule has 5 heteroatoms. The highest BCUT2D eigenvalue weighted by Crippen LogP contribution is 2.22. The van der Waals surface area contributed by atoms with Gasteiger partial charge in [0.1, 0.15) is 6.04 Å². The second-order valence-corrected chi connectivity index (χ2v) is 10.4. The van der Waals surface area contributed by atoms with Crippen molar-refractivity contribution in [1.29, 1.82) is 0 Å². The maximum absolute atomic E-state index is 13.4. The van der Waals surface area contributed by atoms with E-state index in [4.69, 9.17) is 0 Å². The van der Waals surface area contributed by atoms with Crippen LogP contribution >= 0.6 is 11.8 Å². The monoisotopic (exact) mass is 466 g/mol. The second kappa shape index (κ2) is 12.8. The molecule has 2 aromatic rings. The molecule has 3 rings (SSSR count). The molecule has 0 spiro atoms. The van der Waals surface area contributed by atoms with Crippen LogP contribution in [0.15, 0.2) is 53.4 Å². The van der Waals surface area contributed by atoms with Gasteiger partial charge in [0, 0.05) is 29.7 Å². The third-order valence-electron chi connectivity index (χ3n) is 6.38. The number of hydrogen-bond donors (Lipinski definition) is 1. The first-order valence-electron chi connectivity index (χ1n) is 12.3. The summed E-state index contributed by atoms with van der Waals surface area (Å²) in [6, 6.07) is 16.4. The lowest BCUT2D eigenvalue weighted by molar-refractivity contribution is -0.141. The zero-order valence-corrected chi connectivity index (χ0v) is 21.1. The predicted molar refractivity (Wildman–Crippen MR) is 137 cm³/mol. The van der Waals surface area contributed by atoms with E-state index < -0.39 is 6.04 Å². The van der Waals surface area contributed by atoms with Crippen LogP contribution in [0.1, 0.15) is 68.6 Å². The molecule has 178 valence electrons. The number of nitrogens with one attached hydrogen (secondary N) is 1. The standard InChI is InChI=1S/C28H38N2O2S/c1-4-26(28(32)29-24-11-6-5-7-12-24)30(20-23-10-8-9-22(3)19-23)27(31)17-18-33-25-15-13-21(2)14-16-25/h8-10,13-16,19,24,26H,4-7,11-12,17-18,20H2,1-3H3,(H,29,32)/t26-/m1/s1. The number of thioether (sulfide) groups is 1.